The van der Waals surface area contributed by atoms with Crippen molar-refractivity contribution in [2.24, 2.45) is 5.92 Å². The van der Waals surface area contributed by atoms with Crippen molar-refractivity contribution in [1.82, 2.24) is 4.57 Å². The van der Waals surface area contributed by atoms with Crippen LogP contribution in [0.1, 0.15) is 23.3 Å². The van der Waals surface area contributed by atoms with Crippen molar-refractivity contribution >= 4 is 5.97 Å². The monoisotopic (exact) mass is 209 g/mol. The Hall–Kier alpha value is -1.29. The van der Waals surface area contributed by atoms with Gasteiger partial charge in [-0.05, 0) is 25.0 Å². The summed E-state index contributed by atoms with van der Waals surface area (Å²) in [5, 5.41) is 8.88. The number of carboxylic acids is 1. The molecule has 0 bridgehead atoms. The van der Waals surface area contributed by atoms with Gasteiger partial charge in [-0.2, -0.15) is 0 Å². The summed E-state index contributed by atoms with van der Waals surface area (Å²) in [6.45, 7) is 2.53. The lowest BCUT2D eigenvalue weighted by atomic mass is 10.0. The molecule has 2 rings (SSSR count). The average Bonchev–Trinajstić information content (AvgIpc) is 2.57. The molecule has 0 spiro atoms. The Balaban J connectivity index is 1.81. The van der Waals surface area contributed by atoms with Gasteiger partial charge in [-0.25, -0.2) is 4.79 Å². The molecule has 4 heteroatoms. The molecule has 0 aromatic carbocycles. The number of hydrogen-bond acceptors (Lipinski definition) is 2. The van der Waals surface area contributed by atoms with E-state index in [1.807, 2.05) is 6.20 Å². The second kappa shape index (κ2) is 4.49. The average molecular weight is 209 g/mol. The smallest absolute Gasteiger partial charge is 0.352 e. The lowest BCUT2D eigenvalue weighted by Gasteiger charge is -2.25. The first-order chi connectivity index (χ1) is 7.27. The Bertz CT molecular complexity index is 341. The summed E-state index contributed by atoms with van der Waals surface area (Å²) in [7, 11) is 0. The quantitative estimate of drug-likeness (QED) is 0.801. The Morgan fingerprint density at radius 3 is 3.00 bits per heavy atom. The normalized spacial score (nSPS) is 16.3. The van der Waals surface area contributed by atoms with Gasteiger partial charge in [-0.3, -0.25) is 0 Å². The minimum atomic E-state index is -0.855. The van der Waals surface area contributed by atoms with Crippen LogP contribution in [0.2, 0.25) is 0 Å². The van der Waals surface area contributed by atoms with E-state index in [1.165, 1.54) is 0 Å². The maximum atomic E-state index is 10.8. The van der Waals surface area contributed by atoms with E-state index in [2.05, 4.69) is 0 Å². The van der Waals surface area contributed by atoms with Crippen LogP contribution in [0.25, 0.3) is 0 Å². The van der Waals surface area contributed by atoms with Gasteiger partial charge in [0, 0.05) is 18.7 Å². The molecule has 0 saturated carbocycles. The number of aromatic carboxylic acids is 1. The van der Waals surface area contributed by atoms with Gasteiger partial charge >= 0.3 is 5.97 Å². The summed E-state index contributed by atoms with van der Waals surface area (Å²) in [5.74, 6) is -0.166. The van der Waals surface area contributed by atoms with Gasteiger partial charge in [0.25, 0.3) is 0 Å². The Morgan fingerprint density at radius 2 is 2.40 bits per heavy atom. The lowest BCUT2D eigenvalue weighted by Crippen LogP contribution is -2.27. The fourth-order valence-corrected chi connectivity index (χ4v) is 1.80. The van der Waals surface area contributed by atoms with Gasteiger partial charge in [-0.15, -0.1) is 0 Å². The molecular weight excluding hydrogens is 194 g/mol. The molecule has 1 N–H and O–H groups in total. The van der Waals surface area contributed by atoms with Crippen LogP contribution in [-0.4, -0.2) is 28.9 Å². The van der Waals surface area contributed by atoms with Gasteiger partial charge in [0.2, 0.25) is 0 Å². The van der Waals surface area contributed by atoms with Crippen molar-refractivity contribution in [3.8, 4) is 0 Å². The fraction of sp³-hybridized carbons (Fsp3) is 0.545. The van der Waals surface area contributed by atoms with Gasteiger partial charge in [0.1, 0.15) is 5.69 Å². The SMILES string of the molecule is O=C(O)c1cccn1CCCC1COC1. The number of carboxylic acid groups (broad SMARTS) is 1. The van der Waals surface area contributed by atoms with Crippen LogP contribution in [0.15, 0.2) is 18.3 Å². The van der Waals surface area contributed by atoms with Crippen molar-refractivity contribution in [1.29, 1.82) is 0 Å². The first-order valence-electron chi connectivity index (χ1n) is 5.23. The number of carbonyl (C=O) groups is 1. The Morgan fingerprint density at radius 1 is 1.60 bits per heavy atom. The molecule has 0 aliphatic carbocycles. The zero-order valence-corrected chi connectivity index (χ0v) is 8.56. The highest BCUT2D eigenvalue weighted by molar-refractivity contribution is 5.85. The Kier molecular flexibility index (Phi) is 3.06. The predicted molar refractivity (Wildman–Crippen MR) is 54.9 cm³/mol. The second-order valence-corrected chi connectivity index (χ2v) is 3.94. The van der Waals surface area contributed by atoms with Gasteiger partial charge in [0.15, 0.2) is 0 Å². The molecule has 1 aliphatic heterocycles. The van der Waals surface area contributed by atoms with Gasteiger partial charge in [0.05, 0.1) is 13.2 Å². The molecule has 2 heterocycles. The zero-order valence-electron chi connectivity index (χ0n) is 8.56. The number of ether oxygens (including phenoxy) is 1. The van der Waals surface area contributed by atoms with Crippen molar-refractivity contribution in [2.75, 3.05) is 13.2 Å². The summed E-state index contributed by atoms with van der Waals surface area (Å²) >= 11 is 0. The standard InChI is InChI=1S/C11H15NO3/c13-11(14)10-4-2-6-12(10)5-1-3-9-7-15-8-9/h2,4,6,9H,1,3,5,7-8H2,(H,13,14). The topological polar surface area (TPSA) is 51.5 Å². The molecule has 1 saturated heterocycles. The summed E-state index contributed by atoms with van der Waals surface area (Å²) in [6, 6.07) is 3.41. The van der Waals surface area contributed by atoms with E-state index < -0.39 is 5.97 Å². The number of rotatable bonds is 5. The lowest BCUT2D eigenvalue weighted by molar-refractivity contribution is -0.0366. The van der Waals surface area contributed by atoms with Crippen LogP contribution >= 0.6 is 0 Å². The van der Waals surface area contributed by atoms with Gasteiger partial charge in [-0.1, -0.05) is 0 Å². The fourth-order valence-electron chi connectivity index (χ4n) is 1.80. The highest BCUT2D eigenvalue weighted by Crippen LogP contribution is 2.17. The van der Waals surface area contributed by atoms with Crippen molar-refractivity contribution in [3.63, 3.8) is 0 Å². The third kappa shape index (κ3) is 2.39. The van der Waals surface area contributed by atoms with Crippen LogP contribution in [-0.2, 0) is 11.3 Å². The van der Waals surface area contributed by atoms with E-state index in [1.54, 1.807) is 16.7 Å². The number of hydrogen-bond donors (Lipinski definition) is 1. The van der Waals surface area contributed by atoms with E-state index in [4.69, 9.17) is 9.84 Å². The van der Waals surface area contributed by atoms with Gasteiger partial charge < -0.3 is 14.4 Å². The molecule has 82 valence electrons. The zero-order chi connectivity index (χ0) is 10.7. The van der Waals surface area contributed by atoms with Crippen LogP contribution < -0.4 is 0 Å². The van der Waals surface area contributed by atoms with Crippen LogP contribution in [0.3, 0.4) is 0 Å². The largest absolute Gasteiger partial charge is 0.477 e. The maximum Gasteiger partial charge on any atom is 0.352 e. The minimum Gasteiger partial charge on any atom is -0.477 e. The summed E-state index contributed by atoms with van der Waals surface area (Å²) in [5.41, 5.74) is 0.375. The predicted octanol–water partition coefficient (Wildman–Crippen LogP) is 1.61. The molecule has 15 heavy (non-hydrogen) atoms. The molecule has 4 nitrogen and oxygen atoms in total. The number of aromatic nitrogens is 1. The molecule has 1 fully saturated rings. The Labute approximate surface area is 88.5 Å². The van der Waals surface area contributed by atoms with E-state index in [-0.39, 0.29) is 0 Å². The second-order valence-electron chi connectivity index (χ2n) is 3.94. The molecule has 1 aliphatic rings. The first kappa shape index (κ1) is 10.2. The molecule has 0 amide bonds. The number of nitrogens with zero attached hydrogens (tertiary/aromatic N) is 1. The summed E-state index contributed by atoms with van der Waals surface area (Å²) < 4.78 is 6.88. The summed E-state index contributed by atoms with van der Waals surface area (Å²) in [4.78, 5) is 10.8. The molecule has 0 radical (unpaired) electrons. The molecule has 1 aromatic rings. The highest BCUT2D eigenvalue weighted by atomic mass is 16.5. The van der Waals surface area contributed by atoms with Crippen molar-refractivity contribution in [3.05, 3.63) is 24.0 Å². The third-order valence-corrected chi connectivity index (χ3v) is 2.77. The van der Waals surface area contributed by atoms with Crippen LogP contribution in [0, 0.1) is 5.92 Å². The maximum absolute atomic E-state index is 10.8. The van der Waals surface area contributed by atoms with E-state index >= 15 is 0 Å². The summed E-state index contributed by atoms with van der Waals surface area (Å²) in [6.07, 6.45) is 3.96. The first-order valence-corrected chi connectivity index (χ1v) is 5.23. The number of aryl methyl sites for hydroxylation is 1. The van der Waals surface area contributed by atoms with E-state index in [9.17, 15) is 4.79 Å². The minimum absolute atomic E-state index is 0.375. The molecule has 0 unspecified atom stereocenters. The molecule has 1 aromatic heterocycles. The highest BCUT2D eigenvalue weighted by Gasteiger charge is 2.17. The third-order valence-electron chi connectivity index (χ3n) is 2.77. The van der Waals surface area contributed by atoms with Crippen molar-refractivity contribution in [2.45, 2.75) is 19.4 Å². The van der Waals surface area contributed by atoms with E-state index in [0.29, 0.717) is 11.6 Å². The molecule has 0 atom stereocenters. The van der Waals surface area contributed by atoms with Crippen molar-refractivity contribution < 1.29 is 14.6 Å². The van der Waals surface area contributed by atoms with Crippen LogP contribution in [0.5, 0.6) is 0 Å². The van der Waals surface area contributed by atoms with Crippen LogP contribution in [0.4, 0.5) is 0 Å². The molecular formula is C11H15NO3. The van der Waals surface area contributed by atoms with E-state index in [0.717, 1.165) is 32.6 Å².